The van der Waals surface area contributed by atoms with E-state index in [9.17, 15) is 0 Å². The van der Waals surface area contributed by atoms with Crippen LogP contribution >= 0.6 is 11.3 Å². The first-order chi connectivity index (χ1) is 6.09. The van der Waals surface area contributed by atoms with E-state index in [0.29, 0.717) is 12.0 Å². The molecule has 3 heteroatoms. The lowest BCUT2D eigenvalue weighted by atomic mass is 10.2. The van der Waals surface area contributed by atoms with Crippen LogP contribution in [0.4, 0.5) is 0 Å². The Labute approximate surface area is 84.2 Å². The Bertz CT molecular complexity index is 253. The van der Waals surface area contributed by atoms with E-state index < -0.39 is 0 Å². The predicted molar refractivity (Wildman–Crippen MR) is 58.2 cm³/mol. The molecule has 1 heterocycles. The van der Waals surface area contributed by atoms with Crippen LogP contribution in [0, 0.1) is 0 Å². The van der Waals surface area contributed by atoms with E-state index in [0.717, 1.165) is 12.8 Å². The van der Waals surface area contributed by atoms with Crippen LogP contribution in [-0.4, -0.2) is 11.0 Å². The first-order valence-electron chi connectivity index (χ1n) is 4.79. The summed E-state index contributed by atoms with van der Waals surface area (Å²) in [4.78, 5) is 5.73. The third-order valence-electron chi connectivity index (χ3n) is 1.91. The standard InChI is InChI=1S/C10H18N2S/c1-7(2)10-12-6-9(13-10)5-4-8(3)11/h6-8H,4-5,11H2,1-3H3/t8-/m1/s1. The number of hydrogen-bond donors (Lipinski definition) is 1. The fourth-order valence-electron chi connectivity index (χ4n) is 1.08. The number of aryl methyl sites for hydroxylation is 1. The van der Waals surface area contributed by atoms with Crippen LogP contribution < -0.4 is 5.73 Å². The highest BCUT2D eigenvalue weighted by Gasteiger charge is 2.05. The fourth-order valence-corrected chi connectivity index (χ4v) is 2.01. The zero-order valence-corrected chi connectivity index (χ0v) is 9.40. The average Bonchev–Trinajstić information content (AvgIpc) is 2.48. The van der Waals surface area contributed by atoms with Gasteiger partial charge in [0.05, 0.1) is 5.01 Å². The van der Waals surface area contributed by atoms with Crippen molar-refractivity contribution in [2.24, 2.45) is 5.73 Å². The number of thiazole rings is 1. The van der Waals surface area contributed by atoms with Crippen molar-refractivity contribution in [3.8, 4) is 0 Å². The van der Waals surface area contributed by atoms with E-state index in [1.165, 1.54) is 9.88 Å². The summed E-state index contributed by atoms with van der Waals surface area (Å²) in [5, 5.41) is 1.24. The zero-order chi connectivity index (χ0) is 9.84. The van der Waals surface area contributed by atoms with Gasteiger partial charge in [0, 0.05) is 23.0 Å². The summed E-state index contributed by atoms with van der Waals surface area (Å²) in [6, 6.07) is 0.296. The van der Waals surface area contributed by atoms with Gasteiger partial charge in [-0.05, 0) is 19.8 Å². The normalized spacial score (nSPS) is 13.6. The summed E-state index contributed by atoms with van der Waals surface area (Å²) >= 11 is 1.82. The molecule has 2 nitrogen and oxygen atoms in total. The van der Waals surface area contributed by atoms with E-state index in [2.05, 4.69) is 18.8 Å². The highest BCUT2D eigenvalue weighted by atomic mass is 32.1. The van der Waals surface area contributed by atoms with Gasteiger partial charge in [-0.2, -0.15) is 0 Å². The van der Waals surface area contributed by atoms with Gasteiger partial charge in [0.25, 0.3) is 0 Å². The maximum Gasteiger partial charge on any atom is 0.0953 e. The SMILES string of the molecule is CC(C)c1ncc(CC[C@@H](C)N)s1. The molecule has 13 heavy (non-hydrogen) atoms. The molecular weight excluding hydrogens is 180 g/mol. The third-order valence-corrected chi connectivity index (χ3v) is 3.27. The highest BCUT2D eigenvalue weighted by Crippen LogP contribution is 2.21. The molecule has 1 aromatic heterocycles. The topological polar surface area (TPSA) is 38.9 Å². The van der Waals surface area contributed by atoms with Gasteiger partial charge in [-0.25, -0.2) is 4.98 Å². The molecule has 2 N–H and O–H groups in total. The fraction of sp³-hybridized carbons (Fsp3) is 0.700. The van der Waals surface area contributed by atoms with Gasteiger partial charge >= 0.3 is 0 Å². The van der Waals surface area contributed by atoms with Crippen molar-refractivity contribution >= 4 is 11.3 Å². The Hall–Kier alpha value is -0.410. The van der Waals surface area contributed by atoms with Crippen molar-refractivity contribution < 1.29 is 0 Å². The Morgan fingerprint density at radius 1 is 1.46 bits per heavy atom. The Kier molecular flexibility index (Phi) is 3.88. The number of rotatable bonds is 4. The van der Waals surface area contributed by atoms with Crippen molar-refractivity contribution in [2.45, 2.75) is 45.6 Å². The highest BCUT2D eigenvalue weighted by molar-refractivity contribution is 7.11. The number of nitrogens with zero attached hydrogens (tertiary/aromatic N) is 1. The maximum atomic E-state index is 5.69. The minimum Gasteiger partial charge on any atom is -0.328 e. The Balaban J connectivity index is 2.49. The molecule has 1 aromatic rings. The molecule has 0 radical (unpaired) electrons. The van der Waals surface area contributed by atoms with E-state index in [-0.39, 0.29) is 0 Å². The lowest BCUT2D eigenvalue weighted by Gasteiger charge is -2.01. The van der Waals surface area contributed by atoms with Crippen molar-refractivity contribution in [2.75, 3.05) is 0 Å². The van der Waals surface area contributed by atoms with Crippen molar-refractivity contribution in [3.63, 3.8) is 0 Å². The molecule has 0 aliphatic carbocycles. The molecule has 0 saturated carbocycles. The molecule has 0 aliphatic rings. The molecule has 0 amide bonds. The van der Waals surface area contributed by atoms with Crippen molar-refractivity contribution in [1.82, 2.24) is 4.98 Å². The molecular formula is C10H18N2S. The lowest BCUT2D eigenvalue weighted by molar-refractivity contribution is 0.670. The summed E-state index contributed by atoms with van der Waals surface area (Å²) in [5.74, 6) is 0.550. The number of aromatic nitrogens is 1. The Morgan fingerprint density at radius 2 is 2.15 bits per heavy atom. The molecule has 1 atom stereocenters. The van der Waals surface area contributed by atoms with E-state index in [1.54, 1.807) is 0 Å². The van der Waals surface area contributed by atoms with Gasteiger partial charge in [0.2, 0.25) is 0 Å². The first kappa shape index (κ1) is 10.7. The van der Waals surface area contributed by atoms with Crippen LogP contribution in [-0.2, 0) is 6.42 Å². The predicted octanol–water partition coefficient (Wildman–Crippen LogP) is 2.55. The smallest absolute Gasteiger partial charge is 0.0953 e. The molecule has 0 spiro atoms. The molecule has 0 aromatic carbocycles. The number of hydrogen-bond acceptors (Lipinski definition) is 3. The van der Waals surface area contributed by atoms with Crippen LogP contribution in [0.2, 0.25) is 0 Å². The third kappa shape index (κ3) is 3.44. The summed E-state index contributed by atoms with van der Waals surface area (Å²) in [5.41, 5.74) is 5.69. The second-order valence-corrected chi connectivity index (χ2v) is 4.98. The minimum atomic E-state index is 0.296. The second-order valence-electron chi connectivity index (χ2n) is 3.84. The van der Waals surface area contributed by atoms with Crippen molar-refractivity contribution in [1.29, 1.82) is 0 Å². The lowest BCUT2D eigenvalue weighted by Crippen LogP contribution is -2.14. The van der Waals surface area contributed by atoms with E-state index in [1.807, 2.05) is 24.5 Å². The van der Waals surface area contributed by atoms with Crippen LogP contribution in [0.3, 0.4) is 0 Å². The molecule has 1 rings (SSSR count). The molecule has 0 aliphatic heterocycles. The van der Waals surface area contributed by atoms with Gasteiger partial charge in [0.1, 0.15) is 0 Å². The van der Waals surface area contributed by atoms with Gasteiger partial charge in [-0.15, -0.1) is 11.3 Å². The first-order valence-corrected chi connectivity index (χ1v) is 5.61. The summed E-state index contributed by atoms with van der Waals surface area (Å²) in [7, 11) is 0. The van der Waals surface area contributed by atoms with Crippen LogP contribution in [0.15, 0.2) is 6.20 Å². The number of nitrogens with two attached hydrogens (primary N) is 1. The maximum absolute atomic E-state index is 5.69. The Morgan fingerprint density at radius 3 is 2.62 bits per heavy atom. The monoisotopic (exact) mass is 198 g/mol. The van der Waals surface area contributed by atoms with Crippen LogP contribution in [0.5, 0.6) is 0 Å². The minimum absolute atomic E-state index is 0.296. The molecule has 0 bridgehead atoms. The van der Waals surface area contributed by atoms with E-state index >= 15 is 0 Å². The van der Waals surface area contributed by atoms with Gasteiger partial charge < -0.3 is 5.73 Å². The quantitative estimate of drug-likeness (QED) is 0.807. The molecule has 0 fully saturated rings. The molecule has 0 unspecified atom stereocenters. The molecule has 74 valence electrons. The summed E-state index contributed by atoms with van der Waals surface area (Å²) in [6.45, 7) is 6.40. The van der Waals surface area contributed by atoms with Crippen molar-refractivity contribution in [3.05, 3.63) is 16.1 Å². The van der Waals surface area contributed by atoms with E-state index in [4.69, 9.17) is 5.73 Å². The van der Waals surface area contributed by atoms with Gasteiger partial charge in [-0.1, -0.05) is 13.8 Å². The zero-order valence-electron chi connectivity index (χ0n) is 8.58. The average molecular weight is 198 g/mol. The van der Waals surface area contributed by atoms with Crippen LogP contribution in [0.25, 0.3) is 0 Å². The molecule has 0 saturated heterocycles. The van der Waals surface area contributed by atoms with Crippen LogP contribution in [0.1, 0.15) is 43.0 Å². The summed E-state index contributed by atoms with van der Waals surface area (Å²) < 4.78 is 0. The summed E-state index contributed by atoms with van der Waals surface area (Å²) in [6.07, 6.45) is 4.12. The van der Waals surface area contributed by atoms with Gasteiger partial charge in [-0.3, -0.25) is 0 Å². The van der Waals surface area contributed by atoms with Gasteiger partial charge in [0.15, 0.2) is 0 Å². The second kappa shape index (κ2) is 4.72. The largest absolute Gasteiger partial charge is 0.328 e.